The molecule has 0 spiro atoms. The first-order valence-electron chi connectivity index (χ1n) is 7.60. The Morgan fingerprint density at radius 2 is 2.04 bits per heavy atom. The highest BCUT2D eigenvalue weighted by Gasteiger charge is 2.65. The minimum Gasteiger partial charge on any atom is -0.461 e. The predicted octanol–water partition coefficient (Wildman–Crippen LogP) is 0.756. The zero-order valence-electron chi connectivity index (χ0n) is 13.4. The van der Waals surface area contributed by atoms with Crippen LogP contribution in [0.1, 0.15) is 27.2 Å². The van der Waals surface area contributed by atoms with Crippen LogP contribution < -0.4 is 0 Å². The van der Waals surface area contributed by atoms with Gasteiger partial charge in [-0.05, 0) is 27.2 Å². The number of hydrogen-bond donors (Lipinski definition) is 0. The Morgan fingerprint density at radius 3 is 2.70 bits per heavy atom. The molecule has 0 amide bonds. The van der Waals surface area contributed by atoms with Gasteiger partial charge < -0.3 is 18.9 Å². The van der Waals surface area contributed by atoms with Gasteiger partial charge in [-0.1, -0.05) is 6.58 Å². The molecular formula is C16H20O7. The van der Waals surface area contributed by atoms with Crippen LogP contribution in [0.3, 0.4) is 0 Å². The highest BCUT2D eigenvalue weighted by molar-refractivity contribution is 5.87. The predicted molar refractivity (Wildman–Crippen MR) is 76.1 cm³/mol. The van der Waals surface area contributed by atoms with E-state index in [0.29, 0.717) is 6.42 Å². The maximum atomic E-state index is 12.4. The summed E-state index contributed by atoms with van der Waals surface area (Å²) >= 11 is 0. The second kappa shape index (κ2) is 5.33. The van der Waals surface area contributed by atoms with E-state index in [1.54, 1.807) is 13.8 Å². The van der Waals surface area contributed by atoms with E-state index in [1.165, 1.54) is 6.92 Å². The molecule has 3 rings (SSSR count). The van der Waals surface area contributed by atoms with Crippen LogP contribution >= 0.6 is 0 Å². The number of hydrogen-bond acceptors (Lipinski definition) is 7. The van der Waals surface area contributed by atoms with Crippen molar-refractivity contribution in [1.29, 1.82) is 0 Å². The second-order valence-electron chi connectivity index (χ2n) is 6.99. The van der Waals surface area contributed by atoms with Gasteiger partial charge >= 0.3 is 17.9 Å². The highest BCUT2D eigenvalue weighted by atomic mass is 16.7. The summed E-state index contributed by atoms with van der Waals surface area (Å²) in [6.45, 7) is 8.15. The van der Waals surface area contributed by atoms with E-state index in [9.17, 15) is 14.4 Å². The fourth-order valence-electron chi connectivity index (χ4n) is 3.09. The number of fused-ring (bicyclic) bond motifs is 1. The molecule has 7 heteroatoms. The third-order valence-electron chi connectivity index (χ3n) is 4.49. The molecule has 0 saturated carbocycles. The molecule has 0 aromatic carbocycles. The molecule has 0 aromatic heterocycles. The Balaban J connectivity index is 1.60. The molecule has 5 atom stereocenters. The van der Waals surface area contributed by atoms with Gasteiger partial charge in [0.1, 0.15) is 12.7 Å². The summed E-state index contributed by atoms with van der Waals surface area (Å²) in [6.07, 6.45) is -1.22. The van der Waals surface area contributed by atoms with Crippen molar-refractivity contribution in [3.05, 3.63) is 12.2 Å². The molecule has 2 bridgehead atoms. The van der Waals surface area contributed by atoms with Crippen molar-refractivity contribution in [1.82, 2.24) is 0 Å². The van der Waals surface area contributed by atoms with Gasteiger partial charge in [0, 0.05) is 5.57 Å². The van der Waals surface area contributed by atoms with Gasteiger partial charge in [0.25, 0.3) is 0 Å². The third-order valence-corrected chi connectivity index (χ3v) is 4.49. The zero-order chi connectivity index (χ0) is 16.9. The van der Waals surface area contributed by atoms with E-state index < -0.39 is 29.6 Å². The summed E-state index contributed by atoms with van der Waals surface area (Å²) in [5.41, 5.74) is -0.755. The minimum atomic E-state index is -1.02. The average Bonchev–Trinajstić information content (AvgIpc) is 3.09. The van der Waals surface area contributed by atoms with Gasteiger partial charge in [0.15, 0.2) is 12.2 Å². The van der Waals surface area contributed by atoms with Crippen molar-refractivity contribution in [3.8, 4) is 0 Å². The quantitative estimate of drug-likeness (QED) is 0.419. The molecule has 0 aromatic rings. The Bertz CT molecular complexity index is 579. The second-order valence-corrected chi connectivity index (χ2v) is 6.99. The number of esters is 3. The monoisotopic (exact) mass is 324 g/mol. The lowest BCUT2D eigenvalue weighted by Gasteiger charge is -2.28. The maximum Gasteiger partial charge on any atom is 0.333 e. The number of rotatable bonds is 5. The van der Waals surface area contributed by atoms with E-state index in [2.05, 4.69) is 6.58 Å². The van der Waals surface area contributed by atoms with Gasteiger partial charge in [0.05, 0.1) is 17.4 Å². The van der Waals surface area contributed by atoms with Crippen molar-refractivity contribution in [3.63, 3.8) is 0 Å². The Morgan fingerprint density at radius 1 is 1.35 bits per heavy atom. The molecular weight excluding hydrogens is 304 g/mol. The summed E-state index contributed by atoms with van der Waals surface area (Å²) in [4.78, 5) is 35.5. The molecule has 3 fully saturated rings. The molecule has 126 valence electrons. The van der Waals surface area contributed by atoms with Crippen molar-refractivity contribution >= 4 is 17.9 Å². The first-order valence-corrected chi connectivity index (χ1v) is 7.60. The van der Waals surface area contributed by atoms with Gasteiger partial charge in [-0.25, -0.2) is 4.79 Å². The van der Waals surface area contributed by atoms with Crippen molar-refractivity contribution in [2.24, 2.45) is 11.3 Å². The lowest BCUT2D eigenvalue weighted by molar-refractivity contribution is -0.173. The van der Waals surface area contributed by atoms with Crippen molar-refractivity contribution in [2.75, 3.05) is 6.61 Å². The van der Waals surface area contributed by atoms with E-state index in [0.717, 1.165) is 0 Å². The number of carbonyl (C=O) groups is 3. The molecule has 5 unspecified atom stereocenters. The van der Waals surface area contributed by atoms with Gasteiger partial charge in [-0.3, -0.25) is 9.59 Å². The fourth-order valence-corrected chi connectivity index (χ4v) is 3.09. The molecule has 23 heavy (non-hydrogen) atoms. The van der Waals surface area contributed by atoms with Crippen molar-refractivity contribution < 1.29 is 33.3 Å². The van der Waals surface area contributed by atoms with Crippen LogP contribution in [-0.2, 0) is 33.3 Å². The van der Waals surface area contributed by atoms with E-state index >= 15 is 0 Å². The largest absolute Gasteiger partial charge is 0.461 e. The molecule has 0 aliphatic carbocycles. The summed E-state index contributed by atoms with van der Waals surface area (Å²) in [7, 11) is 0. The molecule has 3 aliphatic heterocycles. The average molecular weight is 324 g/mol. The maximum absolute atomic E-state index is 12.4. The first-order chi connectivity index (χ1) is 10.7. The number of carbonyl (C=O) groups excluding carboxylic acids is 3. The van der Waals surface area contributed by atoms with Gasteiger partial charge in [-0.2, -0.15) is 0 Å². The summed E-state index contributed by atoms with van der Waals surface area (Å²) in [5, 5.41) is 0. The van der Waals surface area contributed by atoms with E-state index in [4.69, 9.17) is 18.9 Å². The Kier molecular flexibility index (Phi) is 3.71. The van der Waals surface area contributed by atoms with Crippen LogP contribution in [-0.4, -0.2) is 48.9 Å². The van der Waals surface area contributed by atoms with Crippen LogP contribution in [0.2, 0.25) is 0 Å². The molecule has 3 saturated heterocycles. The van der Waals surface area contributed by atoms with E-state index in [-0.39, 0.29) is 36.3 Å². The lowest BCUT2D eigenvalue weighted by Crippen LogP contribution is -2.44. The smallest absolute Gasteiger partial charge is 0.333 e. The molecule has 3 aliphatic rings. The lowest BCUT2D eigenvalue weighted by atomic mass is 9.87. The first kappa shape index (κ1) is 16.0. The molecule has 0 radical (unpaired) electrons. The Labute approximate surface area is 133 Å². The summed E-state index contributed by atoms with van der Waals surface area (Å²) < 4.78 is 21.5. The summed E-state index contributed by atoms with van der Waals surface area (Å²) in [6, 6.07) is 0. The van der Waals surface area contributed by atoms with Gasteiger partial charge in [0.2, 0.25) is 0 Å². The van der Waals surface area contributed by atoms with Crippen LogP contribution in [0.5, 0.6) is 0 Å². The molecule has 7 nitrogen and oxygen atoms in total. The molecule has 0 N–H and O–H groups in total. The van der Waals surface area contributed by atoms with Crippen LogP contribution in [0.15, 0.2) is 12.2 Å². The highest BCUT2D eigenvalue weighted by Crippen LogP contribution is 2.47. The van der Waals surface area contributed by atoms with Crippen LogP contribution in [0, 0.1) is 11.3 Å². The van der Waals surface area contributed by atoms with E-state index in [1.807, 2.05) is 0 Å². The standard InChI is InChI=1S/C16H20O7/c1-7(2)13(17)20-6-16(3,4)15(19)23-11-9-5-8-10(21-9)12(11)22-14(8)18/h8-12H,1,5-6H2,2-4H3. The fraction of sp³-hybridized carbons (Fsp3) is 0.688. The topological polar surface area (TPSA) is 88.1 Å². The Hall–Kier alpha value is -1.89. The molecule has 3 heterocycles. The normalized spacial score (nSPS) is 34.2. The number of ether oxygens (including phenoxy) is 4. The minimum absolute atomic E-state index is 0.119. The third kappa shape index (κ3) is 2.63. The summed E-state index contributed by atoms with van der Waals surface area (Å²) in [5.74, 6) is -1.59. The van der Waals surface area contributed by atoms with Crippen molar-refractivity contribution in [2.45, 2.75) is 51.6 Å². The van der Waals surface area contributed by atoms with Crippen LogP contribution in [0.25, 0.3) is 0 Å². The zero-order valence-corrected chi connectivity index (χ0v) is 13.4. The van der Waals surface area contributed by atoms with Gasteiger partial charge in [-0.15, -0.1) is 0 Å². The SMILES string of the molecule is C=C(C)C(=O)OCC(C)(C)C(=O)OC1C2CC3C(=O)OC1C3O2. The van der Waals surface area contributed by atoms with Crippen LogP contribution in [0.4, 0.5) is 0 Å².